The van der Waals surface area contributed by atoms with Crippen molar-refractivity contribution in [1.82, 2.24) is 9.29 Å². The number of fused-ring (bicyclic) bond motifs is 2. The number of anilines is 1. The first-order chi connectivity index (χ1) is 16.1. The van der Waals surface area contributed by atoms with E-state index >= 15 is 0 Å². The minimum atomic E-state index is -3.54. The fourth-order valence-corrected chi connectivity index (χ4v) is 6.31. The van der Waals surface area contributed by atoms with Gasteiger partial charge in [-0.25, -0.2) is 13.4 Å². The van der Waals surface area contributed by atoms with Crippen LogP contribution in [0.4, 0.5) is 5.69 Å². The Morgan fingerprint density at radius 3 is 2.53 bits per heavy atom. The second kappa shape index (κ2) is 8.50. The van der Waals surface area contributed by atoms with E-state index in [4.69, 9.17) is 4.42 Å². The highest BCUT2D eigenvalue weighted by atomic mass is 32.2. The molecule has 0 radical (unpaired) electrons. The van der Waals surface area contributed by atoms with Crippen molar-refractivity contribution in [3.05, 3.63) is 53.4 Å². The summed E-state index contributed by atoms with van der Waals surface area (Å²) in [6, 6.07) is 11.0. The zero-order valence-corrected chi connectivity index (χ0v) is 20.7. The fraction of sp³-hybridized carbons (Fsp3) is 0.462. The van der Waals surface area contributed by atoms with Crippen LogP contribution in [0.1, 0.15) is 57.1 Å². The quantitative estimate of drug-likeness (QED) is 0.585. The highest BCUT2D eigenvalue weighted by Gasteiger charge is 2.33. The monoisotopic (exact) mass is 481 g/mol. The molecule has 0 atom stereocenters. The molecule has 34 heavy (non-hydrogen) atoms. The summed E-state index contributed by atoms with van der Waals surface area (Å²) in [4.78, 5) is 17.8. The molecule has 1 fully saturated rings. The number of carbonyl (C=O) groups is 1. The number of aryl methyl sites for hydroxylation is 2. The molecule has 2 aliphatic rings. The van der Waals surface area contributed by atoms with Crippen molar-refractivity contribution in [1.29, 1.82) is 0 Å². The molecule has 180 valence electrons. The molecule has 8 heteroatoms. The molecule has 0 bridgehead atoms. The average molecular weight is 482 g/mol. The molecule has 0 saturated carbocycles. The number of rotatable bonds is 4. The van der Waals surface area contributed by atoms with E-state index in [1.54, 1.807) is 6.07 Å². The number of piperidine rings is 1. The van der Waals surface area contributed by atoms with E-state index in [1.807, 2.05) is 51.1 Å². The first-order valence-corrected chi connectivity index (χ1v) is 13.4. The van der Waals surface area contributed by atoms with E-state index in [-0.39, 0.29) is 17.2 Å². The zero-order valence-electron chi connectivity index (χ0n) is 19.9. The Kier molecular flexibility index (Phi) is 5.76. The molecule has 2 heterocycles. The molecule has 2 aromatic carbocycles. The Bertz CT molecular complexity index is 1350. The highest BCUT2D eigenvalue weighted by Crippen LogP contribution is 2.30. The van der Waals surface area contributed by atoms with Crippen LogP contribution in [-0.4, -0.2) is 36.7 Å². The van der Waals surface area contributed by atoms with E-state index in [2.05, 4.69) is 10.3 Å². The van der Waals surface area contributed by atoms with Gasteiger partial charge in [-0.15, -0.1) is 0 Å². The molecule has 0 spiro atoms. The predicted octanol–water partition coefficient (Wildman–Crippen LogP) is 4.65. The largest absolute Gasteiger partial charge is 0.440 e. The highest BCUT2D eigenvalue weighted by molar-refractivity contribution is 7.89. The Labute approximate surface area is 200 Å². The summed E-state index contributed by atoms with van der Waals surface area (Å²) >= 11 is 0. The van der Waals surface area contributed by atoms with Crippen LogP contribution in [0.5, 0.6) is 0 Å². The first-order valence-electron chi connectivity index (χ1n) is 12.0. The van der Waals surface area contributed by atoms with Crippen molar-refractivity contribution in [2.24, 2.45) is 5.92 Å². The number of benzene rings is 2. The van der Waals surface area contributed by atoms with Crippen LogP contribution < -0.4 is 5.32 Å². The molecule has 1 aromatic heterocycles. The third-order valence-electron chi connectivity index (χ3n) is 6.83. The Hall–Kier alpha value is -2.71. The molecule has 7 nitrogen and oxygen atoms in total. The van der Waals surface area contributed by atoms with Gasteiger partial charge in [-0.3, -0.25) is 4.79 Å². The lowest BCUT2D eigenvalue weighted by atomic mass is 9.97. The van der Waals surface area contributed by atoms with Gasteiger partial charge in [-0.05, 0) is 73.6 Å². The topological polar surface area (TPSA) is 92.5 Å². The number of sulfonamides is 1. The number of aromatic nitrogens is 1. The average Bonchev–Trinajstić information content (AvgIpc) is 3.45. The van der Waals surface area contributed by atoms with Gasteiger partial charge >= 0.3 is 0 Å². The van der Waals surface area contributed by atoms with Crippen molar-refractivity contribution >= 4 is 32.7 Å². The van der Waals surface area contributed by atoms with Gasteiger partial charge in [0.25, 0.3) is 0 Å². The van der Waals surface area contributed by atoms with Crippen LogP contribution in [0.3, 0.4) is 0 Å². The van der Waals surface area contributed by atoms with Crippen molar-refractivity contribution in [2.45, 2.75) is 63.2 Å². The molecule has 1 saturated heterocycles. The van der Waals surface area contributed by atoms with Gasteiger partial charge in [0.2, 0.25) is 21.8 Å². The summed E-state index contributed by atoms with van der Waals surface area (Å²) in [6.07, 6.45) is 4.05. The number of hydrogen-bond donors (Lipinski definition) is 1. The lowest BCUT2D eigenvalue weighted by Crippen LogP contribution is -2.41. The minimum absolute atomic E-state index is 0.0894. The van der Waals surface area contributed by atoms with Crippen molar-refractivity contribution in [3.8, 4) is 0 Å². The zero-order chi connectivity index (χ0) is 24.1. The van der Waals surface area contributed by atoms with Gasteiger partial charge in [0, 0.05) is 30.1 Å². The van der Waals surface area contributed by atoms with E-state index in [9.17, 15) is 13.2 Å². The van der Waals surface area contributed by atoms with Gasteiger partial charge < -0.3 is 9.73 Å². The standard InChI is InChI=1S/C26H31N3O4S/c1-26(2,3)25-28-22-16-20(8-10-23(22)33-25)27-24(30)18-11-13-29(14-12-18)34(31,32)21-9-7-17-5-4-6-19(17)15-21/h7-10,15-16,18H,4-6,11-14H2,1-3H3,(H,27,30). The summed E-state index contributed by atoms with van der Waals surface area (Å²) in [7, 11) is -3.54. The summed E-state index contributed by atoms with van der Waals surface area (Å²) in [5.74, 6) is 0.334. The van der Waals surface area contributed by atoms with E-state index in [0.717, 1.165) is 24.8 Å². The van der Waals surface area contributed by atoms with Gasteiger partial charge in [-0.2, -0.15) is 4.31 Å². The third kappa shape index (κ3) is 4.36. The third-order valence-corrected chi connectivity index (χ3v) is 8.72. The summed E-state index contributed by atoms with van der Waals surface area (Å²) < 4.78 is 33.7. The Balaban J connectivity index is 1.23. The van der Waals surface area contributed by atoms with E-state index < -0.39 is 10.0 Å². The SMILES string of the molecule is CC(C)(C)c1nc2cc(NC(=O)C3CCN(S(=O)(=O)c4ccc5c(c4)CCC5)CC3)ccc2o1. The molecule has 0 unspecified atom stereocenters. The van der Waals surface area contributed by atoms with Crippen LogP contribution in [0.15, 0.2) is 45.7 Å². The molecular formula is C26H31N3O4S. The molecule has 1 aliphatic heterocycles. The molecule has 3 aromatic rings. The van der Waals surface area contributed by atoms with Gasteiger partial charge in [0.05, 0.1) is 4.90 Å². The smallest absolute Gasteiger partial charge is 0.243 e. The summed E-state index contributed by atoms with van der Waals surface area (Å²) in [5.41, 5.74) is 4.27. The molecule has 1 amide bonds. The number of oxazole rings is 1. The van der Waals surface area contributed by atoms with Crippen LogP contribution >= 0.6 is 0 Å². The molecule has 1 aliphatic carbocycles. The Morgan fingerprint density at radius 2 is 1.79 bits per heavy atom. The molecular weight excluding hydrogens is 450 g/mol. The van der Waals surface area contributed by atoms with E-state index in [0.29, 0.717) is 53.5 Å². The fourth-order valence-electron chi connectivity index (χ4n) is 4.79. The molecule has 1 N–H and O–H groups in total. The minimum Gasteiger partial charge on any atom is -0.440 e. The van der Waals surface area contributed by atoms with Gasteiger partial charge in [0.15, 0.2) is 5.58 Å². The Morgan fingerprint density at radius 1 is 1.06 bits per heavy atom. The van der Waals surface area contributed by atoms with Gasteiger partial charge in [-0.1, -0.05) is 26.8 Å². The van der Waals surface area contributed by atoms with Crippen molar-refractivity contribution in [3.63, 3.8) is 0 Å². The first kappa shape index (κ1) is 23.1. The van der Waals surface area contributed by atoms with Crippen LogP contribution in [0.2, 0.25) is 0 Å². The van der Waals surface area contributed by atoms with Gasteiger partial charge in [0.1, 0.15) is 5.52 Å². The maximum atomic E-state index is 13.2. The maximum absolute atomic E-state index is 13.2. The summed E-state index contributed by atoms with van der Waals surface area (Å²) in [5, 5.41) is 2.98. The normalized spacial score (nSPS) is 17.7. The summed E-state index contributed by atoms with van der Waals surface area (Å²) in [6.45, 7) is 6.80. The number of amides is 1. The maximum Gasteiger partial charge on any atom is 0.243 e. The lowest BCUT2D eigenvalue weighted by molar-refractivity contribution is -0.120. The number of carbonyl (C=O) groups excluding carboxylic acids is 1. The molecule has 5 rings (SSSR count). The van der Waals surface area contributed by atoms with Crippen LogP contribution in [0.25, 0.3) is 11.1 Å². The van der Waals surface area contributed by atoms with Crippen LogP contribution in [0, 0.1) is 5.92 Å². The number of nitrogens with one attached hydrogen (secondary N) is 1. The van der Waals surface area contributed by atoms with Crippen LogP contribution in [-0.2, 0) is 33.1 Å². The lowest BCUT2D eigenvalue weighted by Gasteiger charge is -2.30. The number of nitrogens with zero attached hydrogens (tertiary/aromatic N) is 2. The van der Waals surface area contributed by atoms with Crippen molar-refractivity contribution in [2.75, 3.05) is 18.4 Å². The van der Waals surface area contributed by atoms with Crippen molar-refractivity contribution < 1.29 is 17.6 Å². The second-order valence-electron chi connectivity index (χ2n) is 10.4. The van der Waals surface area contributed by atoms with E-state index in [1.165, 1.54) is 9.87 Å². The number of hydrogen-bond acceptors (Lipinski definition) is 5. The predicted molar refractivity (Wildman–Crippen MR) is 131 cm³/mol. The second-order valence-corrected chi connectivity index (χ2v) is 12.3.